The molecule has 1 rings (SSSR count). The maximum Gasteiger partial charge on any atom is 0.330 e. The summed E-state index contributed by atoms with van der Waals surface area (Å²) in [4.78, 5) is 34.1. The van der Waals surface area contributed by atoms with Crippen molar-refractivity contribution in [1.29, 1.82) is 0 Å². The lowest BCUT2D eigenvalue weighted by molar-refractivity contribution is -0.145. The molecule has 1 unspecified atom stereocenters. The Bertz CT molecular complexity index is 508. The third-order valence-corrected chi connectivity index (χ3v) is 2.64. The number of aldehydes is 1. The predicted octanol–water partition coefficient (Wildman–Crippen LogP) is 0.745. The summed E-state index contributed by atoms with van der Waals surface area (Å²) in [7, 11) is 1.27. The van der Waals surface area contributed by atoms with Gasteiger partial charge >= 0.3 is 5.97 Å². The Labute approximate surface area is 111 Å². The molecule has 0 saturated carbocycles. The molecule has 0 fully saturated rings. The minimum absolute atomic E-state index is 0.107. The Morgan fingerprint density at radius 1 is 1.47 bits per heavy atom. The fourth-order valence-electron chi connectivity index (χ4n) is 1.76. The molecule has 0 aliphatic heterocycles. The van der Waals surface area contributed by atoms with E-state index in [0.29, 0.717) is 18.4 Å². The molecule has 0 aliphatic rings. The molecule has 0 saturated heterocycles. The van der Waals surface area contributed by atoms with Gasteiger partial charge in [0.15, 0.2) is 6.04 Å². The van der Waals surface area contributed by atoms with Crippen LogP contribution in [0.5, 0.6) is 0 Å². The predicted molar refractivity (Wildman–Crippen MR) is 68.8 cm³/mol. The topological polar surface area (TPSA) is 78.3 Å². The fourth-order valence-corrected chi connectivity index (χ4v) is 1.76. The highest BCUT2D eigenvalue weighted by molar-refractivity contribution is 5.73. The van der Waals surface area contributed by atoms with E-state index in [0.717, 1.165) is 4.68 Å². The first kappa shape index (κ1) is 15.1. The summed E-state index contributed by atoms with van der Waals surface area (Å²) in [5.74, 6) is -0.306. The monoisotopic (exact) mass is 266 g/mol. The lowest BCUT2D eigenvalue weighted by Gasteiger charge is -2.18. The van der Waals surface area contributed by atoms with Crippen LogP contribution in [0.25, 0.3) is 0 Å². The van der Waals surface area contributed by atoms with Crippen LogP contribution >= 0.6 is 0 Å². The smallest absolute Gasteiger partial charge is 0.330 e. The van der Waals surface area contributed by atoms with Gasteiger partial charge in [0, 0.05) is 12.5 Å². The summed E-state index contributed by atoms with van der Waals surface area (Å²) >= 11 is 0. The number of nitrogens with zero attached hydrogens (tertiary/aromatic N) is 2. The molecule has 0 aromatic carbocycles. The maximum atomic E-state index is 11.8. The molecule has 1 atom stereocenters. The number of carbonyl (C=O) groups excluding carboxylic acids is 2. The zero-order valence-electron chi connectivity index (χ0n) is 11.3. The zero-order valence-corrected chi connectivity index (χ0v) is 11.3. The SMILES string of the molecule is COC(=O)C(CC(C)C)n1nc(CC=O)ccc1=O. The van der Waals surface area contributed by atoms with Gasteiger partial charge in [-0.1, -0.05) is 13.8 Å². The van der Waals surface area contributed by atoms with Crippen molar-refractivity contribution in [2.24, 2.45) is 5.92 Å². The van der Waals surface area contributed by atoms with Crippen LogP contribution in [0.2, 0.25) is 0 Å². The molecule has 19 heavy (non-hydrogen) atoms. The number of esters is 1. The molecule has 1 heterocycles. The van der Waals surface area contributed by atoms with Crippen LogP contribution in [0.3, 0.4) is 0 Å². The van der Waals surface area contributed by atoms with Crippen molar-refractivity contribution in [3.8, 4) is 0 Å². The van der Waals surface area contributed by atoms with E-state index in [1.165, 1.54) is 19.2 Å². The van der Waals surface area contributed by atoms with Crippen molar-refractivity contribution < 1.29 is 14.3 Å². The van der Waals surface area contributed by atoms with Crippen molar-refractivity contribution in [3.05, 3.63) is 28.2 Å². The van der Waals surface area contributed by atoms with Gasteiger partial charge in [-0.15, -0.1) is 0 Å². The summed E-state index contributed by atoms with van der Waals surface area (Å²) in [6.45, 7) is 3.88. The van der Waals surface area contributed by atoms with E-state index in [9.17, 15) is 14.4 Å². The normalized spacial score (nSPS) is 12.2. The first-order valence-corrected chi connectivity index (χ1v) is 6.09. The van der Waals surface area contributed by atoms with E-state index in [2.05, 4.69) is 5.10 Å². The Kier molecular flexibility index (Phi) is 5.41. The summed E-state index contributed by atoms with van der Waals surface area (Å²) in [6, 6.07) is 2.03. The van der Waals surface area contributed by atoms with Crippen LogP contribution in [0.4, 0.5) is 0 Å². The molecule has 0 bridgehead atoms. The molecule has 0 radical (unpaired) electrons. The summed E-state index contributed by atoms with van der Waals surface area (Å²) in [5, 5.41) is 4.06. The van der Waals surface area contributed by atoms with Gasteiger partial charge in [-0.3, -0.25) is 4.79 Å². The standard InChI is InChI=1S/C13H18N2O4/c1-9(2)8-11(13(18)19-3)15-12(17)5-4-10(14-15)6-7-16/h4-5,7,9,11H,6,8H2,1-3H3. The van der Waals surface area contributed by atoms with E-state index in [4.69, 9.17) is 4.74 Å². The third kappa shape index (κ3) is 4.01. The Morgan fingerprint density at radius 2 is 2.16 bits per heavy atom. The van der Waals surface area contributed by atoms with Gasteiger partial charge < -0.3 is 9.53 Å². The van der Waals surface area contributed by atoms with Crippen LogP contribution in [0, 0.1) is 5.92 Å². The van der Waals surface area contributed by atoms with E-state index in [1.54, 1.807) is 0 Å². The molecular formula is C13H18N2O4. The Hall–Kier alpha value is -1.98. The number of rotatable bonds is 6. The highest BCUT2D eigenvalue weighted by Gasteiger charge is 2.24. The Balaban J connectivity index is 3.19. The molecule has 6 heteroatoms. The number of carbonyl (C=O) groups is 2. The van der Waals surface area contributed by atoms with Crippen molar-refractivity contribution in [1.82, 2.24) is 9.78 Å². The second kappa shape index (κ2) is 6.82. The van der Waals surface area contributed by atoms with Crippen LogP contribution < -0.4 is 5.56 Å². The molecule has 6 nitrogen and oxygen atoms in total. The molecule has 0 spiro atoms. The third-order valence-electron chi connectivity index (χ3n) is 2.64. The largest absolute Gasteiger partial charge is 0.467 e. The van der Waals surface area contributed by atoms with E-state index < -0.39 is 12.0 Å². The number of hydrogen-bond acceptors (Lipinski definition) is 5. The first-order chi connectivity index (χ1) is 8.99. The lowest BCUT2D eigenvalue weighted by atomic mass is 10.0. The van der Waals surface area contributed by atoms with Crippen LogP contribution in [0.15, 0.2) is 16.9 Å². The van der Waals surface area contributed by atoms with Crippen molar-refractivity contribution in [2.75, 3.05) is 7.11 Å². The molecular weight excluding hydrogens is 248 g/mol. The maximum absolute atomic E-state index is 11.8. The number of methoxy groups -OCH3 is 1. The number of ether oxygens (including phenoxy) is 1. The van der Waals surface area contributed by atoms with Gasteiger partial charge in [0.1, 0.15) is 6.29 Å². The van der Waals surface area contributed by atoms with Gasteiger partial charge in [0.2, 0.25) is 0 Å². The summed E-state index contributed by atoms with van der Waals surface area (Å²) < 4.78 is 5.82. The van der Waals surface area contributed by atoms with Gasteiger partial charge in [-0.25, -0.2) is 9.48 Å². The fraction of sp³-hybridized carbons (Fsp3) is 0.538. The van der Waals surface area contributed by atoms with Gasteiger partial charge in [-0.2, -0.15) is 5.10 Å². The van der Waals surface area contributed by atoms with E-state index in [-0.39, 0.29) is 17.9 Å². The average molecular weight is 266 g/mol. The number of hydrogen-bond donors (Lipinski definition) is 0. The Morgan fingerprint density at radius 3 is 2.68 bits per heavy atom. The van der Waals surface area contributed by atoms with Crippen LogP contribution in [-0.2, 0) is 20.7 Å². The molecule has 0 amide bonds. The quantitative estimate of drug-likeness (QED) is 0.560. The molecule has 1 aromatic heterocycles. The highest BCUT2D eigenvalue weighted by Crippen LogP contribution is 2.16. The van der Waals surface area contributed by atoms with Crippen molar-refractivity contribution in [3.63, 3.8) is 0 Å². The van der Waals surface area contributed by atoms with Gasteiger partial charge in [0.25, 0.3) is 5.56 Å². The van der Waals surface area contributed by atoms with Gasteiger partial charge in [-0.05, 0) is 18.4 Å². The average Bonchev–Trinajstić information content (AvgIpc) is 2.37. The van der Waals surface area contributed by atoms with Crippen molar-refractivity contribution >= 4 is 12.3 Å². The van der Waals surface area contributed by atoms with E-state index >= 15 is 0 Å². The van der Waals surface area contributed by atoms with Crippen LogP contribution in [-0.4, -0.2) is 29.1 Å². The van der Waals surface area contributed by atoms with E-state index in [1.807, 2.05) is 13.8 Å². The van der Waals surface area contributed by atoms with Crippen LogP contribution in [0.1, 0.15) is 32.0 Å². The molecule has 0 N–H and O–H groups in total. The van der Waals surface area contributed by atoms with Crippen molar-refractivity contribution in [2.45, 2.75) is 32.7 Å². The molecule has 1 aromatic rings. The second-order valence-corrected chi connectivity index (χ2v) is 4.65. The summed E-state index contributed by atoms with van der Waals surface area (Å²) in [5.41, 5.74) is 0.0676. The molecule has 104 valence electrons. The zero-order chi connectivity index (χ0) is 14.4. The second-order valence-electron chi connectivity index (χ2n) is 4.65. The summed E-state index contributed by atoms with van der Waals surface area (Å²) in [6.07, 6.45) is 1.26. The first-order valence-electron chi connectivity index (χ1n) is 6.09. The number of aromatic nitrogens is 2. The van der Waals surface area contributed by atoms with Gasteiger partial charge in [0.05, 0.1) is 12.8 Å². The minimum Gasteiger partial charge on any atom is -0.467 e. The highest BCUT2D eigenvalue weighted by atomic mass is 16.5. The molecule has 0 aliphatic carbocycles. The lowest BCUT2D eigenvalue weighted by Crippen LogP contribution is -2.33. The minimum atomic E-state index is -0.760.